The second-order valence-electron chi connectivity index (χ2n) is 5.96. The molecule has 0 bridgehead atoms. The second-order valence-corrected chi connectivity index (χ2v) is 6.88. The van der Waals surface area contributed by atoms with Gasteiger partial charge in [-0.25, -0.2) is 0 Å². The number of carbonyl (C=O) groups excluding carboxylic acids is 1. The van der Waals surface area contributed by atoms with Crippen molar-refractivity contribution >= 4 is 21.8 Å². The monoisotopic (exact) mass is 373 g/mol. The highest BCUT2D eigenvalue weighted by atomic mass is 79.9. The number of amides is 1. The van der Waals surface area contributed by atoms with E-state index in [1.807, 2.05) is 54.3 Å². The van der Waals surface area contributed by atoms with E-state index in [0.29, 0.717) is 19.7 Å². The number of aryl methyl sites for hydroxylation is 2. The SMILES string of the molecule is Cc1ccc(C(=O)N2CCOC(c3ccc(Br)cc3)C2)cc1C. The molecule has 3 nitrogen and oxygen atoms in total. The lowest BCUT2D eigenvalue weighted by molar-refractivity contribution is -0.0228. The highest BCUT2D eigenvalue weighted by molar-refractivity contribution is 9.10. The van der Waals surface area contributed by atoms with Crippen LogP contribution < -0.4 is 0 Å². The molecule has 0 spiro atoms. The van der Waals surface area contributed by atoms with Crippen molar-refractivity contribution in [2.75, 3.05) is 19.7 Å². The number of rotatable bonds is 2. The Morgan fingerprint density at radius 1 is 1.13 bits per heavy atom. The molecule has 23 heavy (non-hydrogen) atoms. The zero-order valence-electron chi connectivity index (χ0n) is 13.4. The Bertz CT molecular complexity index is 712. The summed E-state index contributed by atoms with van der Waals surface area (Å²) < 4.78 is 6.90. The summed E-state index contributed by atoms with van der Waals surface area (Å²) in [5.41, 5.74) is 4.21. The summed E-state index contributed by atoms with van der Waals surface area (Å²) in [7, 11) is 0. The molecule has 0 aromatic heterocycles. The molecule has 1 aliphatic rings. The lowest BCUT2D eigenvalue weighted by Gasteiger charge is -2.33. The van der Waals surface area contributed by atoms with E-state index in [0.717, 1.165) is 21.2 Å². The topological polar surface area (TPSA) is 29.5 Å². The van der Waals surface area contributed by atoms with Crippen molar-refractivity contribution in [3.63, 3.8) is 0 Å². The summed E-state index contributed by atoms with van der Waals surface area (Å²) in [6, 6.07) is 14.0. The fourth-order valence-corrected chi connectivity index (χ4v) is 3.03. The van der Waals surface area contributed by atoms with Crippen LogP contribution in [-0.4, -0.2) is 30.5 Å². The highest BCUT2D eigenvalue weighted by Crippen LogP contribution is 2.25. The largest absolute Gasteiger partial charge is 0.370 e. The van der Waals surface area contributed by atoms with Crippen molar-refractivity contribution < 1.29 is 9.53 Å². The van der Waals surface area contributed by atoms with Gasteiger partial charge in [0.2, 0.25) is 0 Å². The molecule has 1 heterocycles. The molecule has 0 radical (unpaired) electrons. The van der Waals surface area contributed by atoms with Gasteiger partial charge in [-0.15, -0.1) is 0 Å². The molecule has 4 heteroatoms. The zero-order chi connectivity index (χ0) is 16.4. The average Bonchev–Trinajstić information content (AvgIpc) is 2.57. The fraction of sp³-hybridized carbons (Fsp3) is 0.316. The first-order chi connectivity index (χ1) is 11.0. The maximum absolute atomic E-state index is 12.8. The van der Waals surface area contributed by atoms with Gasteiger partial charge in [-0.1, -0.05) is 34.1 Å². The maximum atomic E-state index is 12.8. The summed E-state index contributed by atoms with van der Waals surface area (Å²) in [4.78, 5) is 14.6. The van der Waals surface area contributed by atoms with Crippen molar-refractivity contribution in [1.29, 1.82) is 0 Å². The standard InChI is InChI=1S/C19H20BrNO2/c1-13-3-4-16(11-14(13)2)19(22)21-9-10-23-18(12-21)15-5-7-17(20)8-6-15/h3-8,11,18H,9-10,12H2,1-2H3. The van der Waals surface area contributed by atoms with E-state index in [9.17, 15) is 4.79 Å². The van der Waals surface area contributed by atoms with Crippen LogP contribution in [0.2, 0.25) is 0 Å². The van der Waals surface area contributed by atoms with Crippen LogP contribution in [0, 0.1) is 13.8 Å². The van der Waals surface area contributed by atoms with E-state index in [2.05, 4.69) is 22.9 Å². The molecule has 1 unspecified atom stereocenters. The Balaban J connectivity index is 1.76. The Morgan fingerprint density at radius 2 is 1.87 bits per heavy atom. The first-order valence-electron chi connectivity index (χ1n) is 7.78. The fourth-order valence-electron chi connectivity index (χ4n) is 2.77. The van der Waals surface area contributed by atoms with E-state index in [1.165, 1.54) is 5.56 Å². The first kappa shape index (κ1) is 16.2. The van der Waals surface area contributed by atoms with Gasteiger partial charge in [-0.3, -0.25) is 4.79 Å². The normalized spacial score (nSPS) is 18.0. The lowest BCUT2D eigenvalue weighted by atomic mass is 10.0. The van der Waals surface area contributed by atoms with Crippen LogP contribution in [0.1, 0.15) is 33.2 Å². The zero-order valence-corrected chi connectivity index (χ0v) is 15.0. The molecule has 1 amide bonds. The molecule has 0 aliphatic carbocycles. The minimum absolute atomic E-state index is 0.0626. The highest BCUT2D eigenvalue weighted by Gasteiger charge is 2.26. The van der Waals surface area contributed by atoms with Crippen molar-refractivity contribution in [3.05, 3.63) is 69.2 Å². The number of hydrogen-bond acceptors (Lipinski definition) is 2. The number of carbonyl (C=O) groups is 1. The summed E-state index contributed by atoms with van der Waals surface area (Å²) in [6.45, 7) is 5.89. The molecule has 1 saturated heterocycles. The number of morpholine rings is 1. The molecule has 1 atom stereocenters. The second kappa shape index (κ2) is 6.85. The van der Waals surface area contributed by atoms with Crippen LogP contribution in [0.5, 0.6) is 0 Å². The Kier molecular flexibility index (Phi) is 4.83. The Morgan fingerprint density at radius 3 is 2.57 bits per heavy atom. The minimum atomic E-state index is -0.0626. The quantitative estimate of drug-likeness (QED) is 0.785. The molecule has 1 fully saturated rings. The Hall–Kier alpha value is -1.65. The Labute approximate surface area is 145 Å². The van der Waals surface area contributed by atoms with Crippen LogP contribution in [0.3, 0.4) is 0 Å². The molecule has 0 saturated carbocycles. The van der Waals surface area contributed by atoms with Gasteiger partial charge in [0.05, 0.1) is 13.2 Å². The third kappa shape index (κ3) is 3.65. The molecular weight excluding hydrogens is 354 g/mol. The first-order valence-corrected chi connectivity index (χ1v) is 8.57. The summed E-state index contributed by atoms with van der Waals surface area (Å²) in [5.74, 6) is 0.0820. The predicted molar refractivity (Wildman–Crippen MR) is 94.7 cm³/mol. The minimum Gasteiger partial charge on any atom is -0.370 e. The average molecular weight is 374 g/mol. The number of hydrogen-bond donors (Lipinski definition) is 0. The van der Waals surface area contributed by atoms with Crippen LogP contribution in [0.4, 0.5) is 0 Å². The third-order valence-electron chi connectivity index (χ3n) is 4.35. The van der Waals surface area contributed by atoms with Crippen molar-refractivity contribution in [3.8, 4) is 0 Å². The molecule has 2 aromatic carbocycles. The predicted octanol–water partition coefficient (Wildman–Crippen LogP) is 4.28. The molecule has 2 aromatic rings. The maximum Gasteiger partial charge on any atom is 0.254 e. The van der Waals surface area contributed by atoms with Gasteiger partial charge in [-0.05, 0) is 54.8 Å². The van der Waals surface area contributed by atoms with Gasteiger partial charge in [0.15, 0.2) is 0 Å². The van der Waals surface area contributed by atoms with Gasteiger partial charge < -0.3 is 9.64 Å². The van der Waals surface area contributed by atoms with Crippen LogP contribution >= 0.6 is 15.9 Å². The summed E-state index contributed by atoms with van der Waals surface area (Å²) in [6.07, 6.45) is -0.0626. The number of nitrogens with zero attached hydrogens (tertiary/aromatic N) is 1. The van der Waals surface area contributed by atoms with E-state index in [4.69, 9.17) is 4.74 Å². The van der Waals surface area contributed by atoms with E-state index in [-0.39, 0.29) is 12.0 Å². The summed E-state index contributed by atoms with van der Waals surface area (Å²) >= 11 is 3.44. The van der Waals surface area contributed by atoms with Crippen LogP contribution in [-0.2, 0) is 4.74 Å². The van der Waals surface area contributed by atoms with Crippen LogP contribution in [0.15, 0.2) is 46.9 Å². The van der Waals surface area contributed by atoms with Gasteiger partial charge in [0, 0.05) is 16.6 Å². The van der Waals surface area contributed by atoms with Gasteiger partial charge in [0.25, 0.3) is 5.91 Å². The number of benzene rings is 2. The molecular formula is C19H20BrNO2. The summed E-state index contributed by atoms with van der Waals surface area (Å²) in [5, 5.41) is 0. The molecule has 3 rings (SSSR count). The molecule has 0 N–H and O–H groups in total. The lowest BCUT2D eigenvalue weighted by Crippen LogP contribution is -2.42. The van der Waals surface area contributed by atoms with Gasteiger partial charge in [0.1, 0.15) is 6.10 Å². The van der Waals surface area contributed by atoms with E-state index < -0.39 is 0 Å². The molecule has 120 valence electrons. The van der Waals surface area contributed by atoms with Gasteiger partial charge >= 0.3 is 0 Å². The number of ether oxygens (including phenoxy) is 1. The number of halogens is 1. The van der Waals surface area contributed by atoms with Crippen molar-refractivity contribution in [1.82, 2.24) is 4.90 Å². The van der Waals surface area contributed by atoms with Gasteiger partial charge in [-0.2, -0.15) is 0 Å². The van der Waals surface area contributed by atoms with E-state index in [1.54, 1.807) is 0 Å². The van der Waals surface area contributed by atoms with Crippen molar-refractivity contribution in [2.24, 2.45) is 0 Å². The molecule has 1 aliphatic heterocycles. The van der Waals surface area contributed by atoms with Crippen LogP contribution in [0.25, 0.3) is 0 Å². The smallest absolute Gasteiger partial charge is 0.254 e. The van der Waals surface area contributed by atoms with E-state index >= 15 is 0 Å². The van der Waals surface area contributed by atoms with Crippen molar-refractivity contribution in [2.45, 2.75) is 20.0 Å². The third-order valence-corrected chi connectivity index (χ3v) is 4.88.